The highest BCUT2D eigenvalue weighted by atomic mass is 16.7. The van der Waals surface area contributed by atoms with Gasteiger partial charge in [-0.2, -0.15) is 0 Å². The van der Waals surface area contributed by atoms with Gasteiger partial charge in [0.1, 0.15) is 17.3 Å². The minimum atomic E-state index is -1.35. The molecule has 0 radical (unpaired) electrons. The van der Waals surface area contributed by atoms with Crippen molar-refractivity contribution in [1.29, 1.82) is 0 Å². The van der Waals surface area contributed by atoms with Crippen LogP contribution in [0.25, 0.3) is 11.0 Å². The molecule has 2 atom stereocenters. The van der Waals surface area contributed by atoms with Crippen molar-refractivity contribution in [3.63, 3.8) is 0 Å². The van der Waals surface area contributed by atoms with Gasteiger partial charge in [0.05, 0.1) is 15.9 Å². The molecule has 24 heavy (non-hydrogen) atoms. The van der Waals surface area contributed by atoms with E-state index in [9.17, 15) is 14.9 Å². The summed E-state index contributed by atoms with van der Waals surface area (Å²) in [6.45, 7) is 1.93. The molecule has 0 saturated carbocycles. The second kappa shape index (κ2) is 5.19. The Morgan fingerprint density at radius 3 is 2.50 bits per heavy atom. The van der Waals surface area contributed by atoms with Crippen LogP contribution < -0.4 is 10.4 Å². The molecular formula is C18H13NO5. The van der Waals surface area contributed by atoms with E-state index in [0.29, 0.717) is 16.5 Å². The predicted molar refractivity (Wildman–Crippen MR) is 86.9 cm³/mol. The molecule has 0 unspecified atom stereocenters. The molecule has 0 amide bonds. The summed E-state index contributed by atoms with van der Waals surface area (Å²) in [5.41, 5.74) is 1.65. The Kier molecular flexibility index (Phi) is 3.13. The van der Waals surface area contributed by atoms with E-state index in [1.54, 1.807) is 36.4 Å². The summed E-state index contributed by atoms with van der Waals surface area (Å²) in [6.07, 6.45) is -1.35. The van der Waals surface area contributed by atoms with Crippen LogP contribution >= 0.6 is 0 Å². The topological polar surface area (TPSA) is 82.6 Å². The number of benzene rings is 2. The van der Waals surface area contributed by atoms with E-state index in [-0.39, 0.29) is 11.3 Å². The second-order valence-corrected chi connectivity index (χ2v) is 5.81. The standard InChI is InChI=1S/C18H13NO5/c1-10-6-8-11(9-7-10)14-15-16(24-17(14)19(21)22)12-4-2-3-5-13(12)23-18(15)20/h2-9,14,17H,1H3/t14-,17-/m1/s1. The van der Waals surface area contributed by atoms with Crippen LogP contribution in [0.3, 0.4) is 0 Å². The fraction of sp³-hybridized carbons (Fsp3) is 0.167. The minimum absolute atomic E-state index is 0.208. The van der Waals surface area contributed by atoms with Crippen molar-refractivity contribution in [2.45, 2.75) is 19.1 Å². The first-order valence-corrected chi connectivity index (χ1v) is 7.48. The Hall–Kier alpha value is -3.15. The maximum absolute atomic E-state index is 12.5. The monoisotopic (exact) mass is 323 g/mol. The van der Waals surface area contributed by atoms with Crippen LogP contribution in [0.2, 0.25) is 0 Å². The van der Waals surface area contributed by atoms with Gasteiger partial charge in [-0.1, -0.05) is 42.0 Å². The quantitative estimate of drug-likeness (QED) is 0.411. The molecule has 1 aliphatic rings. The van der Waals surface area contributed by atoms with Gasteiger partial charge in [-0.05, 0) is 24.6 Å². The second-order valence-electron chi connectivity index (χ2n) is 5.81. The molecule has 6 nitrogen and oxygen atoms in total. The van der Waals surface area contributed by atoms with Gasteiger partial charge in [-0.25, -0.2) is 4.79 Å². The summed E-state index contributed by atoms with van der Waals surface area (Å²) >= 11 is 0. The smallest absolute Gasteiger partial charge is 0.365 e. The Balaban J connectivity index is 2.00. The lowest BCUT2D eigenvalue weighted by Crippen LogP contribution is -2.29. The zero-order valence-electron chi connectivity index (χ0n) is 12.8. The van der Waals surface area contributed by atoms with Crippen LogP contribution in [0.4, 0.5) is 0 Å². The average Bonchev–Trinajstić information content (AvgIpc) is 2.97. The number of hydrogen-bond acceptors (Lipinski definition) is 5. The van der Waals surface area contributed by atoms with E-state index in [2.05, 4.69) is 0 Å². The van der Waals surface area contributed by atoms with E-state index in [1.165, 1.54) is 0 Å². The number of hydrogen-bond donors (Lipinski definition) is 0. The van der Waals surface area contributed by atoms with Crippen LogP contribution in [0, 0.1) is 17.0 Å². The Labute approximate surface area is 136 Å². The third kappa shape index (κ3) is 2.07. The number of aryl methyl sites for hydroxylation is 1. The van der Waals surface area contributed by atoms with Crippen molar-refractivity contribution in [2.75, 3.05) is 0 Å². The van der Waals surface area contributed by atoms with Crippen LogP contribution in [-0.4, -0.2) is 11.2 Å². The molecule has 0 bridgehead atoms. The minimum Gasteiger partial charge on any atom is -0.428 e. The SMILES string of the molecule is Cc1ccc([C@@H]2c3c(c4ccccc4oc3=O)O[C@H]2[N+](=O)[O-])cc1. The third-order valence-corrected chi connectivity index (χ3v) is 4.28. The molecule has 0 aliphatic carbocycles. The molecule has 6 heteroatoms. The molecule has 120 valence electrons. The molecule has 2 aromatic carbocycles. The molecular weight excluding hydrogens is 310 g/mol. The van der Waals surface area contributed by atoms with Gasteiger partial charge >= 0.3 is 11.9 Å². The zero-order chi connectivity index (χ0) is 16.8. The number of nitro groups is 1. The van der Waals surface area contributed by atoms with Gasteiger partial charge in [0, 0.05) is 0 Å². The highest BCUT2D eigenvalue weighted by Gasteiger charge is 2.47. The van der Waals surface area contributed by atoms with Crippen molar-refractivity contribution in [2.24, 2.45) is 0 Å². The first kappa shape index (κ1) is 14.4. The summed E-state index contributed by atoms with van der Waals surface area (Å²) in [4.78, 5) is 23.5. The number of nitrogens with zero attached hydrogens (tertiary/aromatic N) is 1. The van der Waals surface area contributed by atoms with E-state index in [4.69, 9.17) is 9.15 Å². The van der Waals surface area contributed by atoms with Gasteiger partial charge < -0.3 is 9.15 Å². The zero-order valence-corrected chi connectivity index (χ0v) is 12.8. The number of ether oxygens (including phenoxy) is 1. The average molecular weight is 323 g/mol. The number of rotatable bonds is 2. The summed E-state index contributed by atoms with van der Waals surface area (Å²) in [6, 6.07) is 14.1. The highest BCUT2D eigenvalue weighted by molar-refractivity contribution is 5.85. The van der Waals surface area contributed by atoms with Crippen LogP contribution in [0.5, 0.6) is 5.75 Å². The molecule has 0 spiro atoms. The van der Waals surface area contributed by atoms with E-state index in [0.717, 1.165) is 5.56 Å². The highest BCUT2D eigenvalue weighted by Crippen LogP contribution is 2.44. The number of para-hydroxylation sites is 1. The lowest BCUT2D eigenvalue weighted by molar-refractivity contribution is -0.561. The first-order valence-electron chi connectivity index (χ1n) is 7.48. The van der Waals surface area contributed by atoms with Crippen molar-refractivity contribution in [3.8, 4) is 5.75 Å². The third-order valence-electron chi connectivity index (χ3n) is 4.28. The number of fused-ring (bicyclic) bond motifs is 3. The molecule has 0 N–H and O–H groups in total. The van der Waals surface area contributed by atoms with Crippen molar-refractivity contribution < 1.29 is 14.1 Å². The molecule has 0 fully saturated rings. The Morgan fingerprint density at radius 2 is 1.79 bits per heavy atom. The summed E-state index contributed by atoms with van der Waals surface area (Å²) in [5.74, 6) is -0.550. The van der Waals surface area contributed by atoms with Crippen LogP contribution in [0.15, 0.2) is 57.7 Å². The van der Waals surface area contributed by atoms with Crippen molar-refractivity contribution in [3.05, 3.63) is 85.8 Å². The van der Waals surface area contributed by atoms with E-state index in [1.807, 2.05) is 19.1 Å². The fourth-order valence-electron chi connectivity index (χ4n) is 3.13. The van der Waals surface area contributed by atoms with Gasteiger partial charge in [-0.3, -0.25) is 10.1 Å². The summed E-state index contributed by atoms with van der Waals surface area (Å²) < 4.78 is 11.0. The van der Waals surface area contributed by atoms with Crippen LogP contribution in [-0.2, 0) is 0 Å². The molecule has 2 heterocycles. The largest absolute Gasteiger partial charge is 0.428 e. The Bertz CT molecular complexity index is 1010. The van der Waals surface area contributed by atoms with Gasteiger partial charge in [0.25, 0.3) is 0 Å². The predicted octanol–water partition coefficient (Wildman–Crippen LogP) is 3.23. The normalized spacial score (nSPS) is 19.0. The van der Waals surface area contributed by atoms with E-state index >= 15 is 0 Å². The summed E-state index contributed by atoms with van der Waals surface area (Å²) in [5, 5.41) is 12.1. The fourth-order valence-corrected chi connectivity index (χ4v) is 3.13. The lowest BCUT2D eigenvalue weighted by atomic mass is 9.91. The van der Waals surface area contributed by atoms with Crippen LogP contribution in [0.1, 0.15) is 22.6 Å². The van der Waals surface area contributed by atoms with E-state index < -0.39 is 22.7 Å². The summed E-state index contributed by atoms with van der Waals surface area (Å²) in [7, 11) is 0. The molecule has 1 aromatic heterocycles. The van der Waals surface area contributed by atoms with Crippen molar-refractivity contribution >= 4 is 11.0 Å². The van der Waals surface area contributed by atoms with Crippen molar-refractivity contribution in [1.82, 2.24) is 0 Å². The molecule has 3 aromatic rings. The van der Waals surface area contributed by atoms with Gasteiger partial charge in [0.15, 0.2) is 0 Å². The maximum atomic E-state index is 12.5. The first-order chi connectivity index (χ1) is 11.6. The molecule has 4 rings (SSSR count). The molecule has 1 aliphatic heterocycles. The van der Waals surface area contributed by atoms with Gasteiger partial charge in [0.2, 0.25) is 0 Å². The molecule has 0 saturated heterocycles. The lowest BCUT2D eigenvalue weighted by Gasteiger charge is -2.12. The maximum Gasteiger partial charge on any atom is 0.365 e. The Morgan fingerprint density at radius 1 is 1.08 bits per heavy atom. The van der Waals surface area contributed by atoms with Gasteiger partial charge in [-0.15, -0.1) is 0 Å².